The lowest BCUT2D eigenvalue weighted by molar-refractivity contribution is 0.0515. The molecule has 0 amide bonds. The Labute approximate surface area is 119 Å². The highest BCUT2D eigenvalue weighted by atomic mass is 79.9. The number of aromatic nitrogens is 3. The monoisotopic (exact) mass is 325 g/mol. The first kappa shape index (κ1) is 12.9. The standard InChI is InChI=1S/C13H16BrN3O2/c1-8(9-2-4-19-5-3-9)17-11-6-10(14)7-15-12(11)16-13(17)18/h6-9H,2-5H2,1H3,(H,15,16,18). The molecule has 1 aliphatic heterocycles. The quantitative estimate of drug-likeness (QED) is 0.922. The number of nitrogens with zero attached hydrogens (tertiary/aromatic N) is 2. The minimum absolute atomic E-state index is 0.0837. The van der Waals surface area contributed by atoms with Gasteiger partial charge in [-0.05, 0) is 47.7 Å². The maximum Gasteiger partial charge on any atom is 0.327 e. The Balaban J connectivity index is 2.05. The maximum atomic E-state index is 12.2. The van der Waals surface area contributed by atoms with Gasteiger partial charge >= 0.3 is 5.69 Å². The maximum absolute atomic E-state index is 12.2. The minimum Gasteiger partial charge on any atom is -0.381 e. The van der Waals surface area contributed by atoms with E-state index in [0.717, 1.165) is 36.0 Å². The molecule has 1 fully saturated rings. The van der Waals surface area contributed by atoms with Crippen LogP contribution in [-0.2, 0) is 4.74 Å². The van der Waals surface area contributed by atoms with Crippen LogP contribution in [0.25, 0.3) is 11.2 Å². The number of aromatic amines is 1. The van der Waals surface area contributed by atoms with Crippen molar-refractivity contribution in [2.75, 3.05) is 13.2 Å². The van der Waals surface area contributed by atoms with Crippen molar-refractivity contribution in [3.05, 3.63) is 27.2 Å². The van der Waals surface area contributed by atoms with E-state index in [9.17, 15) is 4.79 Å². The van der Waals surface area contributed by atoms with Gasteiger partial charge in [0.25, 0.3) is 0 Å². The average molecular weight is 326 g/mol. The normalized spacial score (nSPS) is 18.8. The number of rotatable bonds is 2. The zero-order valence-corrected chi connectivity index (χ0v) is 12.3. The fourth-order valence-corrected chi connectivity index (χ4v) is 3.11. The Bertz CT molecular complexity index is 643. The van der Waals surface area contributed by atoms with Crippen molar-refractivity contribution in [1.82, 2.24) is 14.5 Å². The first-order chi connectivity index (χ1) is 9.16. The molecule has 1 saturated heterocycles. The molecule has 0 radical (unpaired) electrons. The fourth-order valence-electron chi connectivity index (χ4n) is 2.79. The second-order valence-corrected chi connectivity index (χ2v) is 5.93. The number of ether oxygens (including phenoxy) is 1. The van der Waals surface area contributed by atoms with Crippen molar-refractivity contribution in [1.29, 1.82) is 0 Å². The van der Waals surface area contributed by atoms with Gasteiger partial charge < -0.3 is 4.74 Å². The molecule has 102 valence electrons. The topological polar surface area (TPSA) is 59.9 Å². The van der Waals surface area contributed by atoms with Crippen LogP contribution in [0.3, 0.4) is 0 Å². The molecule has 6 heteroatoms. The Morgan fingerprint density at radius 1 is 1.53 bits per heavy atom. The number of pyridine rings is 1. The zero-order valence-electron chi connectivity index (χ0n) is 10.7. The second-order valence-electron chi connectivity index (χ2n) is 5.01. The van der Waals surface area contributed by atoms with E-state index in [0.29, 0.717) is 11.6 Å². The van der Waals surface area contributed by atoms with Gasteiger partial charge in [-0.25, -0.2) is 9.78 Å². The minimum atomic E-state index is -0.0837. The first-order valence-corrected chi connectivity index (χ1v) is 7.29. The molecule has 3 heterocycles. The van der Waals surface area contributed by atoms with Gasteiger partial charge in [-0.3, -0.25) is 9.55 Å². The molecule has 0 bridgehead atoms. The SMILES string of the molecule is CC(C1CCOCC1)n1c(=O)[nH]c2ncc(Br)cc21. The predicted molar refractivity (Wildman–Crippen MR) is 76.3 cm³/mol. The molecule has 2 aromatic rings. The third kappa shape index (κ3) is 2.34. The van der Waals surface area contributed by atoms with Crippen LogP contribution >= 0.6 is 15.9 Å². The van der Waals surface area contributed by atoms with E-state index >= 15 is 0 Å². The lowest BCUT2D eigenvalue weighted by Crippen LogP contribution is -2.29. The van der Waals surface area contributed by atoms with E-state index in [1.54, 1.807) is 6.20 Å². The predicted octanol–water partition coefficient (Wildman–Crippen LogP) is 2.47. The molecule has 3 rings (SSSR count). The number of imidazole rings is 1. The lowest BCUT2D eigenvalue weighted by Gasteiger charge is -2.28. The number of nitrogens with one attached hydrogen (secondary N) is 1. The molecule has 1 atom stereocenters. The van der Waals surface area contributed by atoms with Gasteiger partial charge in [0.2, 0.25) is 0 Å². The fraction of sp³-hybridized carbons (Fsp3) is 0.538. The van der Waals surface area contributed by atoms with Crippen molar-refractivity contribution in [3.8, 4) is 0 Å². The summed E-state index contributed by atoms with van der Waals surface area (Å²) in [4.78, 5) is 19.2. The first-order valence-electron chi connectivity index (χ1n) is 6.50. The summed E-state index contributed by atoms with van der Waals surface area (Å²) >= 11 is 3.41. The number of halogens is 1. The summed E-state index contributed by atoms with van der Waals surface area (Å²) < 4.78 is 8.09. The van der Waals surface area contributed by atoms with Gasteiger partial charge in [0, 0.05) is 29.9 Å². The van der Waals surface area contributed by atoms with Crippen LogP contribution in [0.5, 0.6) is 0 Å². The van der Waals surface area contributed by atoms with E-state index < -0.39 is 0 Å². The van der Waals surface area contributed by atoms with Crippen molar-refractivity contribution < 1.29 is 4.74 Å². The summed E-state index contributed by atoms with van der Waals surface area (Å²) in [6.07, 6.45) is 3.70. The van der Waals surface area contributed by atoms with Crippen LogP contribution < -0.4 is 5.69 Å². The molecule has 0 aliphatic carbocycles. The Kier molecular flexibility index (Phi) is 3.45. The van der Waals surface area contributed by atoms with Crippen LogP contribution in [0.2, 0.25) is 0 Å². The van der Waals surface area contributed by atoms with Crippen molar-refractivity contribution in [2.45, 2.75) is 25.8 Å². The summed E-state index contributed by atoms with van der Waals surface area (Å²) in [6.45, 7) is 3.67. The molecule has 1 N–H and O–H groups in total. The number of fused-ring (bicyclic) bond motifs is 1. The lowest BCUT2D eigenvalue weighted by atomic mass is 9.93. The zero-order chi connectivity index (χ0) is 13.4. The molecule has 1 unspecified atom stereocenters. The Morgan fingerprint density at radius 3 is 3.00 bits per heavy atom. The highest BCUT2D eigenvalue weighted by molar-refractivity contribution is 9.10. The molecule has 5 nitrogen and oxygen atoms in total. The van der Waals surface area contributed by atoms with Crippen LogP contribution in [0.15, 0.2) is 21.5 Å². The number of H-pyrrole nitrogens is 1. The van der Waals surface area contributed by atoms with E-state index in [4.69, 9.17) is 4.74 Å². The average Bonchev–Trinajstić information content (AvgIpc) is 2.74. The molecule has 19 heavy (non-hydrogen) atoms. The molecular weight excluding hydrogens is 310 g/mol. The van der Waals surface area contributed by atoms with Gasteiger partial charge in [-0.2, -0.15) is 0 Å². The third-order valence-electron chi connectivity index (χ3n) is 3.89. The molecule has 1 aliphatic rings. The van der Waals surface area contributed by atoms with Gasteiger partial charge in [0.1, 0.15) is 0 Å². The summed E-state index contributed by atoms with van der Waals surface area (Å²) in [5.74, 6) is 0.476. The second kappa shape index (κ2) is 5.09. The van der Waals surface area contributed by atoms with Crippen LogP contribution in [0.1, 0.15) is 25.8 Å². The Morgan fingerprint density at radius 2 is 2.26 bits per heavy atom. The third-order valence-corrected chi connectivity index (χ3v) is 4.33. The smallest absolute Gasteiger partial charge is 0.327 e. The highest BCUT2D eigenvalue weighted by Gasteiger charge is 2.24. The van der Waals surface area contributed by atoms with Gasteiger partial charge in [-0.1, -0.05) is 0 Å². The summed E-state index contributed by atoms with van der Waals surface area (Å²) in [5, 5.41) is 0. The molecule has 2 aromatic heterocycles. The van der Waals surface area contributed by atoms with Crippen molar-refractivity contribution in [3.63, 3.8) is 0 Å². The van der Waals surface area contributed by atoms with E-state index in [-0.39, 0.29) is 11.7 Å². The van der Waals surface area contributed by atoms with Gasteiger partial charge in [-0.15, -0.1) is 0 Å². The van der Waals surface area contributed by atoms with Gasteiger partial charge in [0.05, 0.1) is 5.52 Å². The van der Waals surface area contributed by atoms with Crippen molar-refractivity contribution >= 4 is 27.1 Å². The van der Waals surface area contributed by atoms with E-state index in [1.165, 1.54) is 0 Å². The summed E-state index contributed by atoms with van der Waals surface area (Å²) in [7, 11) is 0. The highest BCUT2D eigenvalue weighted by Crippen LogP contribution is 2.29. The van der Waals surface area contributed by atoms with Crippen LogP contribution in [0, 0.1) is 5.92 Å². The Hall–Kier alpha value is -1.14. The summed E-state index contributed by atoms with van der Waals surface area (Å²) in [6, 6.07) is 2.09. The van der Waals surface area contributed by atoms with E-state index in [1.807, 2.05) is 10.6 Å². The molecule has 0 saturated carbocycles. The van der Waals surface area contributed by atoms with Crippen LogP contribution in [0.4, 0.5) is 0 Å². The molecule has 0 aromatic carbocycles. The van der Waals surface area contributed by atoms with Gasteiger partial charge in [0.15, 0.2) is 5.65 Å². The number of hydrogen-bond donors (Lipinski definition) is 1. The number of hydrogen-bond acceptors (Lipinski definition) is 3. The largest absolute Gasteiger partial charge is 0.381 e. The van der Waals surface area contributed by atoms with Crippen molar-refractivity contribution in [2.24, 2.45) is 5.92 Å². The summed E-state index contributed by atoms with van der Waals surface area (Å²) in [5.41, 5.74) is 1.42. The van der Waals surface area contributed by atoms with Crippen LogP contribution in [-0.4, -0.2) is 27.7 Å². The molecular formula is C13H16BrN3O2. The molecule has 0 spiro atoms. The van der Waals surface area contributed by atoms with E-state index in [2.05, 4.69) is 32.8 Å².